The van der Waals surface area contributed by atoms with E-state index in [4.69, 9.17) is 0 Å². The summed E-state index contributed by atoms with van der Waals surface area (Å²) < 4.78 is 26.6. The highest BCUT2D eigenvalue weighted by atomic mass is 32.2. The van der Waals surface area contributed by atoms with Crippen molar-refractivity contribution in [1.82, 2.24) is 10.2 Å². The highest BCUT2D eigenvalue weighted by Crippen LogP contribution is 2.22. The molecule has 1 aliphatic heterocycles. The molecule has 2 nitrogen and oxygen atoms in total. The van der Waals surface area contributed by atoms with Crippen LogP contribution in [-0.2, 0) is 0 Å². The first kappa shape index (κ1) is 15.7. The van der Waals surface area contributed by atoms with Gasteiger partial charge in [0.2, 0.25) is 0 Å². The van der Waals surface area contributed by atoms with Gasteiger partial charge in [-0.15, -0.1) is 0 Å². The summed E-state index contributed by atoms with van der Waals surface area (Å²) >= 11 is 2.01. The molecule has 1 heterocycles. The fraction of sp³-hybridized carbons (Fsp3) is 0.600. The molecule has 112 valence electrons. The monoisotopic (exact) mass is 300 g/mol. The maximum Gasteiger partial charge on any atom is 0.126 e. The first-order valence-corrected chi connectivity index (χ1v) is 8.10. The molecule has 0 radical (unpaired) electrons. The second-order valence-corrected chi connectivity index (χ2v) is 6.86. The normalized spacial score (nSPS) is 21.9. The van der Waals surface area contributed by atoms with Gasteiger partial charge in [0.05, 0.1) is 0 Å². The molecule has 1 fully saturated rings. The lowest BCUT2D eigenvalue weighted by molar-refractivity contribution is 0.269. The van der Waals surface area contributed by atoms with Gasteiger partial charge in [-0.1, -0.05) is 6.92 Å². The summed E-state index contributed by atoms with van der Waals surface area (Å²) in [4.78, 5) is 2.43. The molecule has 1 N–H and O–H groups in total. The number of nitrogens with one attached hydrogen (secondary N) is 1. The Bertz CT molecular complexity index is 422. The van der Waals surface area contributed by atoms with Gasteiger partial charge in [-0.25, -0.2) is 8.78 Å². The van der Waals surface area contributed by atoms with Crippen LogP contribution in [-0.4, -0.2) is 42.6 Å². The van der Waals surface area contributed by atoms with Gasteiger partial charge in [0.1, 0.15) is 11.6 Å². The van der Waals surface area contributed by atoms with Crippen LogP contribution in [0.4, 0.5) is 8.78 Å². The average molecular weight is 300 g/mol. The minimum Gasteiger partial charge on any atom is -0.313 e. The van der Waals surface area contributed by atoms with Gasteiger partial charge in [-0.05, 0) is 31.2 Å². The lowest BCUT2D eigenvalue weighted by Gasteiger charge is -2.31. The van der Waals surface area contributed by atoms with Crippen LogP contribution < -0.4 is 5.32 Å². The van der Waals surface area contributed by atoms with E-state index in [1.165, 1.54) is 17.9 Å². The topological polar surface area (TPSA) is 15.3 Å². The predicted octanol–water partition coefficient (Wildman–Crippen LogP) is 3.05. The SMILES string of the molecule is CNC(CCN1CCSC(C)C1)c1cc(F)cc(F)c1. The molecule has 0 spiro atoms. The quantitative estimate of drug-likeness (QED) is 0.900. The van der Waals surface area contributed by atoms with Crippen molar-refractivity contribution in [3.05, 3.63) is 35.4 Å². The van der Waals surface area contributed by atoms with Crippen molar-refractivity contribution < 1.29 is 8.78 Å². The summed E-state index contributed by atoms with van der Waals surface area (Å²) in [5.41, 5.74) is 0.685. The largest absolute Gasteiger partial charge is 0.313 e. The van der Waals surface area contributed by atoms with Crippen LogP contribution in [0.15, 0.2) is 18.2 Å². The number of thioether (sulfide) groups is 1. The van der Waals surface area contributed by atoms with Crippen LogP contribution in [0, 0.1) is 11.6 Å². The third-order valence-electron chi connectivity index (χ3n) is 3.69. The van der Waals surface area contributed by atoms with E-state index < -0.39 is 11.6 Å². The molecule has 2 atom stereocenters. The Morgan fingerprint density at radius 1 is 1.35 bits per heavy atom. The first-order valence-electron chi connectivity index (χ1n) is 7.05. The van der Waals surface area contributed by atoms with E-state index in [-0.39, 0.29) is 6.04 Å². The Kier molecular flexibility index (Phi) is 5.81. The van der Waals surface area contributed by atoms with Crippen LogP contribution in [0.2, 0.25) is 0 Å². The minimum atomic E-state index is -0.511. The zero-order chi connectivity index (χ0) is 14.5. The summed E-state index contributed by atoms with van der Waals surface area (Å²) in [7, 11) is 1.84. The molecule has 0 amide bonds. The van der Waals surface area contributed by atoms with Crippen molar-refractivity contribution in [3.8, 4) is 0 Å². The average Bonchev–Trinajstić information content (AvgIpc) is 2.38. The maximum atomic E-state index is 13.3. The van der Waals surface area contributed by atoms with Crippen LogP contribution >= 0.6 is 11.8 Å². The third-order valence-corrected chi connectivity index (χ3v) is 4.83. The molecule has 1 aromatic rings. The van der Waals surface area contributed by atoms with Gasteiger partial charge >= 0.3 is 0 Å². The molecule has 0 aromatic heterocycles. The molecule has 0 aliphatic carbocycles. The molecule has 2 rings (SSSR count). The zero-order valence-electron chi connectivity index (χ0n) is 12.0. The summed E-state index contributed by atoms with van der Waals surface area (Å²) in [6.45, 7) is 5.39. The van der Waals surface area contributed by atoms with Crippen molar-refractivity contribution in [3.63, 3.8) is 0 Å². The number of hydrogen-bond acceptors (Lipinski definition) is 3. The standard InChI is InChI=1S/C15H22F2N2S/c1-11-10-19(5-6-20-11)4-3-15(18-2)12-7-13(16)9-14(17)8-12/h7-9,11,15,18H,3-6,10H2,1-2H3. The first-order chi connectivity index (χ1) is 9.58. The molecular weight excluding hydrogens is 278 g/mol. The van der Waals surface area contributed by atoms with Gasteiger partial charge in [-0.3, -0.25) is 0 Å². The number of benzene rings is 1. The molecule has 0 bridgehead atoms. The van der Waals surface area contributed by atoms with Gasteiger partial charge in [0, 0.05) is 42.7 Å². The van der Waals surface area contributed by atoms with E-state index in [2.05, 4.69) is 17.1 Å². The van der Waals surface area contributed by atoms with Crippen molar-refractivity contribution in [2.24, 2.45) is 0 Å². The second-order valence-electron chi connectivity index (χ2n) is 5.31. The van der Waals surface area contributed by atoms with Crippen molar-refractivity contribution in [2.45, 2.75) is 24.6 Å². The lowest BCUT2D eigenvalue weighted by Crippen LogP contribution is -2.38. The predicted molar refractivity (Wildman–Crippen MR) is 81.1 cm³/mol. The minimum absolute atomic E-state index is 0.00918. The fourth-order valence-corrected chi connectivity index (χ4v) is 3.74. The Balaban J connectivity index is 1.94. The van der Waals surface area contributed by atoms with Crippen molar-refractivity contribution in [2.75, 3.05) is 32.4 Å². The zero-order valence-corrected chi connectivity index (χ0v) is 12.9. The summed E-state index contributed by atoms with van der Waals surface area (Å²) in [5.74, 6) is 0.145. The third kappa shape index (κ3) is 4.43. The van der Waals surface area contributed by atoms with Gasteiger partial charge in [-0.2, -0.15) is 11.8 Å². The summed E-state index contributed by atoms with van der Waals surface area (Å²) in [6, 6.07) is 3.74. The summed E-state index contributed by atoms with van der Waals surface area (Å²) in [5, 5.41) is 3.83. The highest BCUT2D eigenvalue weighted by Gasteiger charge is 2.18. The lowest BCUT2D eigenvalue weighted by atomic mass is 10.0. The van der Waals surface area contributed by atoms with Gasteiger partial charge < -0.3 is 10.2 Å². The van der Waals surface area contributed by atoms with Crippen LogP contribution in [0.5, 0.6) is 0 Å². The Morgan fingerprint density at radius 3 is 2.65 bits per heavy atom. The summed E-state index contributed by atoms with van der Waals surface area (Å²) in [6.07, 6.45) is 0.858. The molecule has 1 saturated heterocycles. The molecule has 2 unspecified atom stereocenters. The van der Waals surface area contributed by atoms with E-state index in [0.717, 1.165) is 32.1 Å². The molecular formula is C15H22F2N2S. The van der Waals surface area contributed by atoms with Gasteiger partial charge in [0.15, 0.2) is 0 Å². The number of halogens is 2. The number of nitrogens with zero attached hydrogens (tertiary/aromatic N) is 1. The van der Waals surface area contributed by atoms with Gasteiger partial charge in [0.25, 0.3) is 0 Å². The van der Waals surface area contributed by atoms with Crippen LogP contribution in [0.25, 0.3) is 0 Å². The van der Waals surface area contributed by atoms with E-state index in [1.54, 1.807) is 0 Å². The van der Waals surface area contributed by atoms with E-state index in [9.17, 15) is 8.78 Å². The number of rotatable bonds is 5. The van der Waals surface area contributed by atoms with E-state index >= 15 is 0 Å². The fourth-order valence-electron chi connectivity index (χ4n) is 2.66. The highest BCUT2D eigenvalue weighted by molar-refractivity contribution is 7.99. The molecule has 20 heavy (non-hydrogen) atoms. The maximum absolute atomic E-state index is 13.3. The Hall–Kier alpha value is -0.650. The molecule has 1 aliphatic rings. The van der Waals surface area contributed by atoms with Crippen molar-refractivity contribution in [1.29, 1.82) is 0 Å². The van der Waals surface area contributed by atoms with Crippen LogP contribution in [0.1, 0.15) is 24.9 Å². The Labute approximate surface area is 123 Å². The van der Waals surface area contributed by atoms with Crippen LogP contribution in [0.3, 0.4) is 0 Å². The molecule has 5 heteroatoms. The number of hydrogen-bond donors (Lipinski definition) is 1. The van der Waals surface area contributed by atoms with E-state index in [0.29, 0.717) is 10.8 Å². The Morgan fingerprint density at radius 2 is 2.05 bits per heavy atom. The molecule has 1 aromatic carbocycles. The van der Waals surface area contributed by atoms with E-state index in [1.807, 2.05) is 18.8 Å². The van der Waals surface area contributed by atoms with Crippen molar-refractivity contribution >= 4 is 11.8 Å². The second kappa shape index (κ2) is 7.38. The smallest absolute Gasteiger partial charge is 0.126 e. The molecule has 0 saturated carbocycles.